The lowest BCUT2D eigenvalue weighted by Gasteiger charge is -2.18. The first-order chi connectivity index (χ1) is 5.72. The van der Waals surface area contributed by atoms with Crippen LogP contribution in [0.15, 0.2) is 0 Å². The molecule has 0 aromatic rings. The van der Waals surface area contributed by atoms with Gasteiger partial charge in [0.1, 0.15) is 0 Å². The summed E-state index contributed by atoms with van der Waals surface area (Å²) >= 11 is 0. The standard InChI is InChI=1S/C9H21N3/c1-11(2)5-6-12-4-3-9(7-10)8-12/h9H,3-8,10H2,1-2H3. The Labute approximate surface area is 75.5 Å². The summed E-state index contributed by atoms with van der Waals surface area (Å²) in [5, 5.41) is 0. The van der Waals surface area contributed by atoms with Crippen LogP contribution in [-0.4, -0.2) is 56.6 Å². The van der Waals surface area contributed by atoms with E-state index in [-0.39, 0.29) is 0 Å². The molecule has 1 atom stereocenters. The van der Waals surface area contributed by atoms with Crippen molar-refractivity contribution in [3.8, 4) is 0 Å². The summed E-state index contributed by atoms with van der Waals surface area (Å²) in [5.41, 5.74) is 5.61. The van der Waals surface area contributed by atoms with Gasteiger partial charge in [0, 0.05) is 19.6 Å². The summed E-state index contributed by atoms with van der Waals surface area (Å²) in [6.45, 7) is 5.68. The minimum absolute atomic E-state index is 0.757. The Morgan fingerprint density at radius 3 is 2.75 bits per heavy atom. The molecule has 0 saturated carbocycles. The molecule has 0 amide bonds. The molecule has 12 heavy (non-hydrogen) atoms. The van der Waals surface area contributed by atoms with Crippen LogP contribution in [0.3, 0.4) is 0 Å². The van der Waals surface area contributed by atoms with E-state index in [1.54, 1.807) is 0 Å². The van der Waals surface area contributed by atoms with Crippen molar-refractivity contribution in [2.75, 3.05) is 46.8 Å². The molecule has 0 aromatic heterocycles. The van der Waals surface area contributed by atoms with Crippen molar-refractivity contribution in [1.29, 1.82) is 0 Å². The number of likely N-dealkylation sites (N-methyl/N-ethyl adjacent to an activating group) is 1. The Morgan fingerprint density at radius 1 is 1.50 bits per heavy atom. The highest BCUT2D eigenvalue weighted by atomic mass is 15.2. The third-order valence-corrected chi connectivity index (χ3v) is 2.57. The van der Waals surface area contributed by atoms with E-state index in [4.69, 9.17) is 5.73 Å². The van der Waals surface area contributed by atoms with E-state index < -0.39 is 0 Å². The molecule has 3 heteroatoms. The van der Waals surface area contributed by atoms with Gasteiger partial charge in [0.05, 0.1) is 0 Å². The predicted molar refractivity (Wildman–Crippen MR) is 52.2 cm³/mol. The lowest BCUT2D eigenvalue weighted by atomic mass is 10.1. The van der Waals surface area contributed by atoms with Crippen molar-refractivity contribution >= 4 is 0 Å². The molecule has 0 bridgehead atoms. The molecule has 0 radical (unpaired) electrons. The van der Waals surface area contributed by atoms with E-state index in [9.17, 15) is 0 Å². The molecule has 1 saturated heterocycles. The van der Waals surface area contributed by atoms with Gasteiger partial charge in [0.25, 0.3) is 0 Å². The van der Waals surface area contributed by atoms with Crippen LogP contribution in [0.2, 0.25) is 0 Å². The van der Waals surface area contributed by atoms with Crippen molar-refractivity contribution in [1.82, 2.24) is 9.80 Å². The highest BCUT2D eigenvalue weighted by Gasteiger charge is 2.20. The summed E-state index contributed by atoms with van der Waals surface area (Å²) < 4.78 is 0. The van der Waals surface area contributed by atoms with Crippen molar-refractivity contribution in [3.05, 3.63) is 0 Å². The summed E-state index contributed by atoms with van der Waals surface area (Å²) in [5.74, 6) is 0.757. The first-order valence-electron chi connectivity index (χ1n) is 4.79. The maximum absolute atomic E-state index is 5.61. The first kappa shape index (κ1) is 9.96. The highest BCUT2D eigenvalue weighted by Crippen LogP contribution is 2.13. The summed E-state index contributed by atoms with van der Waals surface area (Å²) in [4.78, 5) is 4.74. The van der Waals surface area contributed by atoms with Gasteiger partial charge in [-0.15, -0.1) is 0 Å². The molecule has 1 rings (SSSR count). The van der Waals surface area contributed by atoms with Gasteiger partial charge < -0.3 is 15.5 Å². The van der Waals surface area contributed by atoms with E-state index in [0.717, 1.165) is 19.0 Å². The second-order valence-electron chi connectivity index (χ2n) is 3.99. The van der Waals surface area contributed by atoms with Gasteiger partial charge in [-0.3, -0.25) is 0 Å². The predicted octanol–water partition coefficient (Wildman–Crippen LogP) is -0.171. The molecule has 2 N–H and O–H groups in total. The fourth-order valence-corrected chi connectivity index (χ4v) is 1.65. The molecule has 72 valence electrons. The third-order valence-electron chi connectivity index (χ3n) is 2.57. The van der Waals surface area contributed by atoms with Crippen molar-refractivity contribution in [2.45, 2.75) is 6.42 Å². The van der Waals surface area contributed by atoms with Crippen LogP contribution >= 0.6 is 0 Å². The molecule has 1 unspecified atom stereocenters. The smallest absolute Gasteiger partial charge is 0.0109 e. The number of hydrogen-bond acceptors (Lipinski definition) is 3. The number of hydrogen-bond donors (Lipinski definition) is 1. The minimum Gasteiger partial charge on any atom is -0.330 e. The van der Waals surface area contributed by atoms with Crippen LogP contribution in [0.4, 0.5) is 0 Å². The number of nitrogens with two attached hydrogens (primary N) is 1. The van der Waals surface area contributed by atoms with Gasteiger partial charge in [-0.1, -0.05) is 0 Å². The lowest BCUT2D eigenvalue weighted by Crippen LogP contribution is -2.30. The highest BCUT2D eigenvalue weighted by molar-refractivity contribution is 4.76. The monoisotopic (exact) mass is 171 g/mol. The van der Waals surface area contributed by atoms with Gasteiger partial charge in [-0.2, -0.15) is 0 Å². The molecule has 1 aliphatic rings. The van der Waals surface area contributed by atoms with E-state index >= 15 is 0 Å². The van der Waals surface area contributed by atoms with Gasteiger partial charge in [0.15, 0.2) is 0 Å². The van der Waals surface area contributed by atoms with Crippen LogP contribution in [0.25, 0.3) is 0 Å². The molecule has 0 aromatic carbocycles. The maximum Gasteiger partial charge on any atom is 0.0109 e. The van der Waals surface area contributed by atoms with Crippen molar-refractivity contribution in [3.63, 3.8) is 0 Å². The zero-order valence-corrected chi connectivity index (χ0v) is 8.29. The molecule has 0 spiro atoms. The van der Waals surface area contributed by atoms with Gasteiger partial charge >= 0.3 is 0 Å². The maximum atomic E-state index is 5.61. The zero-order chi connectivity index (χ0) is 8.97. The van der Waals surface area contributed by atoms with Gasteiger partial charge in [-0.25, -0.2) is 0 Å². The van der Waals surface area contributed by atoms with E-state index in [1.165, 1.54) is 26.1 Å². The summed E-state index contributed by atoms with van der Waals surface area (Å²) in [6.07, 6.45) is 1.30. The van der Waals surface area contributed by atoms with E-state index in [0.29, 0.717) is 0 Å². The van der Waals surface area contributed by atoms with Crippen molar-refractivity contribution in [2.24, 2.45) is 11.7 Å². The Hall–Kier alpha value is -0.120. The topological polar surface area (TPSA) is 32.5 Å². The van der Waals surface area contributed by atoms with Crippen molar-refractivity contribution < 1.29 is 0 Å². The SMILES string of the molecule is CN(C)CCN1CCC(CN)C1. The number of nitrogens with zero attached hydrogens (tertiary/aromatic N) is 2. The van der Waals surface area contributed by atoms with Crippen LogP contribution in [0, 0.1) is 5.92 Å². The number of likely N-dealkylation sites (tertiary alicyclic amines) is 1. The molecule has 1 aliphatic heterocycles. The second-order valence-corrected chi connectivity index (χ2v) is 3.99. The van der Waals surface area contributed by atoms with Crippen LogP contribution < -0.4 is 5.73 Å². The Balaban J connectivity index is 2.11. The summed E-state index contributed by atoms with van der Waals surface area (Å²) in [7, 11) is 4.24. The molecular formula is C9H21N3. The zero-order valence-electron chi connectivity index (χ0n) is 8.29. The lowest BCUT2D eigenvalue weighted by molar-refractivity contribution is 0.276. The first-order valence-corrected chi connectivity index (χ1v) is 4.79. The van der Waals surface area contributed by atoms with Crippen LogP contribution in [0.5, 0.6) is 0 Å². The quantitative estimate of drug-likeness (QED) is 0.637. The fraction of sp³-hybridized carbons (Fsp3) is 1.00. The summed E-state index contributed by atoms with van der Waals surface area (Å²) in [6, 6.07) is 0. The van der Waals surface area contributed by atoms with E-state index in [2.05, 4.69) is 23.9 Å². The average molecular weight is 171 g/mol. The molecule has 1 fully saturated rings. The Morgan fingerprint density at radius 2 is 2.25 bits per heavy atom. The Bertz CT molecular complexity index is 125. The molecule has 3 nitrogen and oxygen atoms in total. The van der Waals surface area contributed by atoms with Gasteiger partial charge in [-0.05, 0) is 39.5 Å². The molecule has 1 heterocycles. The average Bonchev–Trinajstić information content (AvgIpc) is 2.48. The molecular weight excluding hydrogens is 150 g/mol. The third kappa shape index (κ3) is 3.09. The Kier molecular flexibility index (Phi) is 3.98. The van der Waals surface area contributed by atoms with Crippen LogP contribution in [-0.2, 0) is 0 Å². The van der Waals surface area contributed by atoms with Crippen LogP contribution in [0.1, 0.15) is 6.42 Å². The molecule has 0 aliphatic carbocycles. The van der Waals surface area contributed by atoms with E-state index in [1.807, 2.05) is 0 Å². The fourth-order valence-electron chi connectivity index (χ4n) is 1.65. The largest absolute Gasteiger partial charge is 0.330 e. The second kappa shape index (κ2) is 4.80. The normalized spacial score (nSPS) is 25.5. The minimum atomic E-state index is 0.757. The van der Waals surface area contributed by atoms with Gasteiger partial charge in [0.2, 0.25) is 0 Å². The number of rotatable bonds is 4.